The molecule has 2 heterocycles. The van der Waals surface area contributed by atoms with Gasteiger partial charge in [0.25, 0.3) is 0 Å². The molecule has 0 radical (unpaired) electrons. The van der Waals surface area contributed by atoms with Crippen molar-refractivity contribution in [3.05, 3.63) is 51.6 Å². The summed E-state index contributed by atoms with van der Waals surface area (Å²) in [5.74, 6) is -2.83. The van der Waals surface area contributed by atoms with Crippen LogP contribution in [0.5, 0.6) is 17.2 Å². The smallest absolute Gasteiger partial charge is 0.202 e. The van der Waals surface area contributed by atoms with Crippen LogP contribution in [-0.4, -0.2) is 125 Å². The van der Waals surface area contributed by atoms with Gasteiger partial charge in [-0.05, 0) is 31.6 Å². The zero-order chi connectivity index (χ0) is 35.9. The van der Waals surface area contributed by atoms with E-state index in [-0.39, 0.29) is 40.3 Å². The number of rotatable bonds is 11. The second-order valence-corrected chi connectivity index (χ2v) is 13.6. The highest BCUT2D eigenvalue weighted by atomic mass is 32.1. The predicted molar refractivity (Wildman–Crippen MR) is 180 cm³/mol. The van der Waals surface area contributed by atoms with E-state index in [1.54, 1.807) is 7.11 Å². The first kappa shape index (κ1) is 36.7. The highest BCUT2D eigenvalue weighted by Gasteiger charge is 2.50. The number of piperazine rings is 1. The number of carbonyl (C=O) groups is 3. The van der Waals surface area contributed by atoms with Crippen LogP contribution < -0.4 is 10.1 Å². The lowest BCUT2D eigenvalue weighted by Crippen LogP contribution is -2.61. The fraction of sp³-hybridized carbons (Fsp3) is 0.571. The molecule has 7 atom stereocenters. The van der Waals surface area contributed by atoms with Gasteiger partial charge >= 0.3 is 0 Å². The van der Waals surface area contributed by atoms with Gasteiger partial charge in [0.15, 0.2) is 17.9 Å². The van der Waals surface area contributed by atoms with Crippen LogP contribution in [0.3, 0.4) is 0 Å². The average molecular weight is 717 g/mol. The van der Waals surface area contributed by atoms with Crippen molar-refractivity contribution in [1.82, 2.24) is 10.2 Å². The summed E-state index contributed by atoms with van der Waals surface area (Å²) in [6, 6.07) is 4.44. The number of Topliss-reactive ketones (excluding diaryl/α,β-unsaturated/α-hetero) is 1. The molecule has 0 spiro atoms. The Morgan fingerprint density at radius 3 is 2.54 bits per heavy atom. The SMILES string of the molecule is COc1cccc2c1C(=O)c1c(O)c3c(c(O)c1C2=O)C[C@@](O)(C(=O)CO)C[C@@H]3O[C@H]1CC[C@H](O[C@H]2NCCN(CCCS)[C@@H]2OC)[C@H](C)O1. The fourth-order valence-corrected chi connectivity index (χ4v) is 7.79. The van der Waals surface area contributed by atoms with E-state index in [1.807, 2.05) is 6.92 Å². The molecule has 272 valence electrons. The van der Waals surface area contributed by atoms with Gasteiger partial charge in [0, 0.05) is 62.7 Å². The van der Waals surface area contributed by atoms with Crippen LogP contribution in [0.25, 0.3) is 0 Å². The van der Waals surface area contributed by atoms with Crippen LogP contribution in [-0.2, 0) is 30.2 Å². The Morgan fingerprint density at radius 2 is 1.86 bits per heavy atom. The lowest BCUT2D eigenvalue weighted by Gasteiger charge is -2.44. The molecule has 50 heavy (non-hydrogen) atoms. The molecule has 15 heteroatoms. The molecule has 0 bridgehead atoms. The van der Waals surface area contributed by atoms with Gasteiger partial charge in [0.2, 0.25) is 5.78 Å². The van der Waals surface area contributed by atoms with E-state index in [9.17, 15) is 34.8 Å². The summed E-state index contributed by atoms with van der Waals surface area (Å²) >= 11 is 4.33. The third-order valence-electron chi connectivity index (χ3n) is 10.2. The van der Waals surface area contributed by atoms with Gasteiger partial charge in [-0.15, -0.1) is 0 Å². The van der Waals surface area contributed by atoms with Crippen LogP contribution in [0.15, 0.2) is 18.2 Å². The van der Waals surface area contributed by atoms with Gasteiger partial charge in [-0.2, -0.15) is 12.6 Å². The number of ether oxygens (including phenoxy) is 5. The van der Waals surface area contributed by atoms with Crippen LogP contribution in [0.4, 0.5) is 0 Å². The normalized spacial score (nSPS) is 29.6. The molecule has 6 rings (SSSR count). The zero-order valence-electron chi connectivity index (χ0n) is 28.2. The number of benzene rings is 2. The molecule has 2 aromatic carbocycles. The highest BCUT2D eigenvalue weighted by molar-refractivity contribution is 7.80. The minimum Gasteiger partial charge on any atom is -0.507 e. The summed E-state index contributed by atoms with van der Waals surface area (Å²) in [6.07, 6.45) is -2.98. The average Bonchev–Trinajstić information content (AvgIpc) is 3.11. The van der Waals surface area contributed by atoms with Crippen molar-refractivity contribution in [2.24, 2.45) is 0 Å². The van der Waals surface area contributed by atoms with E-state index in [4.69, 9.17) is 23.7 Å². The standard InChI is InChI=1S/C35H44N2O12S/c1-17-20(49-33-34(46-3)37(11-5-13-50)12-10-36-33)8-9-24(47-17)48-22-15-35(44,23(39)16-38)14-19-26(22)32(43)28-27(30(19)41)29(40)18-6-4-7-21(45-2)25(18)31(28)42/h4,6-7,17,20,22,24,33-34,36,38,41,43-44,50H,5,8-16H2,1-3H3/t17-,20-,22-,24-,33+,34+,35-/m0/s1. The van der Waals surface area contributed by atoms with Gasteiger partial charge in [-0.3, -0.25) is 24.6 Å². The van der Waals surface area contributed by atoms with Crippen molar-refractivity contribution >= 4 is 30.0 Å². The molecule has 14 nitrogen and oxygen atoms in total. The molecule has 0 amide bonds. The van der Waals surface area contributed by atoms with Crippen LogP contribution >= 0.6 is 12.6 Å². The van der Waals surface area contributed by atoms with Gasteiger partial charge in [-0.1, -0.05) is 12.1 Å². The zero-order valence-corrected chi connectivity index (χ0v) is 29.1. The Hall–Kier alpha value is -3.12. The summed E-state index contributed by atoms with van der Waals surface area (Å²) in [6.45, 7) is 3.17. The number of phenols is 2. The number of hydrogen-bond acceptors (Lipinski definition) is 15. The quantitative estimate of drug-likeness (QED) is 0.124. The Labute approximate surface area is 295 Å². The number of methoxy groups -OCH3 is 2. The molecule has 0 unspecified atom stereocenters. The topological polar surface area (TPSA) is 194 Å². The number of carbonyl (C=O) groups excluding carboxylic acids is 3. The van der Waals surface area contributed by atoms with Crippen molar-refractivity contribution in [3.63, 3.8) is 0 Å². The third-order valence-corrected chi connectivity index (χ3v) is 10.5. The molecular weight excluding hydrogens is 672 g/mol. The second kappa shape index (κ2) is 14.9. The predicted octanol–water partition coefficient (Wildman–Crippen LogP) is 1.61. The van der Waals surface area contributed by atoms with E-state index in [1.165, 1.54) is 25.3 Å². The lowest BCUT2D eigenvalue weighted by molar-refractivity contribution is -0.267. The van der Waals surface area contributed by atoms with E-state index < -0.39 is 89.8 Å². The molecule has 5 N–H and O–H groups in total. The van der Waals surface area contributed by atoms with Crippen LogP contribution in [0.2, 0.25) is 0 Å². The van der Waals surface area contributed by atoms with E-state index in [2.05, 4.69) is 22.8 Å². The van der Waals surface area contributed by atoms with E-state index >= 15 is 0 Å². The van der Waals surface area contributed by atoms with Crippen LogP contribution in [0.1, 0.15) is 81.7 Å². The number of phenolic OH excluding ortho intramolecular Hbond substituents is 2. The Kier molecular flexibility index (Phi) is 10.9. The molecule has 2 fully saturated rings. The Morgan fingerprint density at radius 1 is 1.10 bits per heavy atom. The number of aromatic hydroxyl groups is 2. The van der Waals surface area contributed by atoms with Crippen molar-refractivity contribution in [3.8, 4) is 17.2 Å². The molecule has 4 aliphatic rings. The molecule has 2 saturated heterocycles. The largest absolute Gasteiger partial charge is 0.507 e. The summed E-state index contributed by atoms with van der Waals surface area (Å²) < 4.78 is 30.2. The summed E-state index contributed by atoms with van der Waals surface area (Å²) in [7, 11) is 2.98. The number of fused-ring (bicyclic) bond motifs is 3. The minimum atomic E-state index is -2.22. The molecule has 0 saturated carbocycles. The number of hydrogen-bond donors (Lipinski definition) is 6. The summed E-state index contributed by atoms with van der Waals surface area (Å²) in [5.41, 5.74) is -3.40. The number of nitrogens with one attached hydrogen (secondary N) is 1. The number of aliphatic hydroxyl groups is 2. The molecule has 0 aromatic heterocycles. The first-order valence-corrected chi connectivity index (χ1v) is 17.4. The first-order valence-electron chi connectivity index (χ1n) is 16.8. The number of ketones is 3. The maximum atomic E-state index is 13.9. The van der Waals surface area contributed by atoms with Crippen molar-refractivity contribution in [1.29, 1.82) is 0 Å². The van der Waals surface area contributed by atoms with Gasteiger partial charge in [0.05, 0.1) is 42.1 Å². The highest BCUT2D eigenvalue weighted by Crippen LogP contribution is 2.52. The second-order valence-electron chi connectivity index (χ2n) is 13.1. The van der Waals surface area contributed by atoms with Crippen molar-refractivity contribution in [2.75, 3.05) is 46.2 Å². The van der Waals surface area contributed by atoms with Crippen molar-refractivity contribution in [2.45, 2.75) is 81.7 Å². The Balaban J connectivity index is 1.28. The molecular formula is C35H44N2O12S. The van der Waals surface area contributed by atoms with E-state index in [0.717, 1.165) is 25.3 Å². The third kappa shape index (κ3) is 6.44. The van der Waals surface area contributed by atoms with Gasteiger partial charge < -0.3 is 44.1 Å². The number of thiol groups is 1. The maximum absolute atomic E-state index is 13.9. The number of aliphatic hydroxyl groups excluding tert-OH is 1. The van der Waals surface area contributed by atoms with Crippen LogP contribution in [0, 0.1) is 0 Å². The minimum absolute atomic E-state index is 0.0335. The molecule has 2 aliphatic heterocycles. The fourth-order valence-electron chi connectivity index (χ4n) is 7.65. The lowest BCUT2D eigenvalue weighted by atomic mass is 9.72. The maximum Gasteiger partial charge on any atom is 0.202 e. The first-order chi connectivity index (χ1) is 24.0. The monoisotopic (exact) mass is 716 g/mol. The van der Waals surface area contributed by atoms with E-state index in [0.29, 0.717) is 19.4 Å². The number of nitrogens with zero attached hydrogens (tertiary/aromatic N) is 1. The van der Waals surface area contributed by atoms with Gasteiger partial charge in [-0.25, -0.2) is 0 Å². The summed E-state index contributed by atoms with van der Waals surface area (Å²) in [5, 5.41) is 47.9. The Bertz CT molecular complexity index is 1650. The molecule has 2 aliphatic carbocycles. The molecule has 2 aromatic rings. The van der Waals surface area contributed by atoms with Crippen molar-refractivity contribution < 1.29 is 58.5 Å². The van der Waals surface area contributed by atoms with Gasteiger partial charge in [0.1, 0.15) is 41.9 Å². The summed E-state index contributed by atoms with van der Waals surface area (Å²) in [4.78, 5) is 42.7.